The Labute approximate surface area is 210 Å². The average Bonchev–Trinajstić information content (AvgIpc) is 3.35. The second kappa shape index (κ2) is 8.69. The van der Waals surface area contributed by atoms with E-state index in [2.05, 4.69) is 4.31 Å². The number of halogens is 3. The van der Waals surface area contributed by atoms with Gasteiger partial charge in [0.2, 0.25) is 14.8 Å². The molecule has 0 radical (unpaired) electrons. The van der Waals surface area contributed by atoms with E-state index in [4.69, 9.17) is 39.8 Å². The predicted molar refractivity (Wildman–Crippen MR) is 140 cm³/mol. The maximum atomic E-state index is 13.1. The summed E-state index contributed by atoms with van der Waals surface area (Å²) in [7, 11) is -0.960. The molecule has 0 aliphatic carbocycles. The number of hydrogen-bond donors (Lipinski definition) is 0. The van der Waals surface area contributed by atoms with Crippen molar-refractivity contribution in [2.24, 2.45) is 4.99 Å². The van der Waals surface area contributed by atoms with E-state index < -0.39 is 20.8 Å². The summed E-state index contributed by atoms with van der Waals surface area (Å²) in [5.74, 6) is 0.520. The number of amides is 1. The van der Waals surface area contributed by atoms with Gasteiger partial charge in [-0.2, -0.15) is 0 Å². The highest BCUT2D eigenvalue weighted by Gasteiger charge is 2.55. The molecule has 3 aromatic rings. The van der Waals surface area contributed by atoms with Crippen molar-refractivity contribution in [2.45, 2.75) is 16.9 Å². The quantitative estimate of drug-likeness (QED) is 0.306. The molecule has 2 aliphatic rings. The van der Waals surface area contributed by atoms with Gasteiger partial charge in [0.1, 0.15) is 0 Å². The standard InChI is InChI=1S/C24H19Cl3N4OS/c1-17(32)30-22(24(25,26)27)29(19-13-7-3-8-14-19)23-28-21(18-11-5-2-6-12-18)31(33(23)30)20-15-9-4-10-16-20/h2-16,22H,1H3/t22-,33?/m1/s1. The third-order valence-corrected chi connectivity index (χ3v) is 8.01. The molecule has 33 heavy (non-hydrogen) atoms. The molecule has 0 bridgehead atoms. The van der Waals surface area contributed by atoms with E-state index in [1.54, 1.807) is 4.31 Å². The largest absolute Gasteiger partial charge is 0.292 e. The van der Waals surface area contributed by atoms with Gasteiger partial charge in [0.05, 0.1) is 16.5 Å². The van der Waals surface area contributed by atoms with E-state index in [1.807, 2.05) is 95.9 Å². The van der Waals surface area contributed by atoms with Crippen LogP contribution in [0, 0.1) is 0 Å². The number of aliphatic imine (C=N–C) groups is 1. The fourth-order valence-corrected chi connectivity index (χ4v) is 7.07. The number of carbonyl (C=O) groups is 1. The van der Waals surface area contributed by atoms with Gasteiger partial charge >= 0.3 is 0 Å². The van der Waals surface area contributed by atoms with Gasteiger partial charge in [-0.05, 0) is 24.3 Å². The number of amidine groups is 1. The van der Waals surface area contributed by atoms with Crippen LogP contribution in [0.25, 0.3) is 0 Å². The fraction of sp³-hybridized carbons (Fsp3) is 0.125. The van der Waals surface area contributed by atoms with E-state index in [-0.39, 0.29) is 5.91 Å². The predicted octanol–water partition coefficient (Wildman–Crippen LogP) is 6.20. The number of para-hydroxylation sites is 2. The number of hydrogen-bond acceptors (Lipinski definition) is 4. The van der Waals surface area contributed by atoms with Crippen LogP contribution in [0.1, 0.15) is 12.5 Å². The van der Waals surface area contributed by atoms with Crippen molar-refractivity contribution in [2.75, 3.05) is 9.21 Å². The summed E-state index contributed by atoms with van der Waals surface area (Å²) in [6, 6.07) is 29.3. The molecule has 5 nitrogen and oxygen atoms in total. The lowest BCUT2D eigenvalue weighted by Crippen LogP contribution is -2.53. The van der Waals surface area contributed by atoms with Gasteiger partial charge in [-0.3, -0.25) is 14.0 Å². The van der Waals surface area contributed by atoms with Crippen molar-refractivity contribution in [3.8, 4) is 0 Å². The zero-order valence-corrected chi connectivity index (χ0v) is 20.6. The number of rotatable bonds is 3. The molecule has 0 saturated heterocycles. The maximum Gasteiger partial charge on any atom is 0.232 e. The van der Waals surface area contributed by atoms with Gasteiger partial charge in [-0.15, -0.1) is 0 Å². The summed E-state index contributed by atoms with van der Waals surface area (Å²) in [5, 5.41) is 0.649. The Morgan fingerprint density at radius 3 is 1.88 bits per heavy atom. The Bertz CT molecular complexity index is 1250. The Balaban J connectivity index is 1.78. The highest BCUT2D eigenvalue weighted by molar-refractivity contribution is 8.17. The molecule has 2 heterocycles. The molecule has 0 N–H and O–H groups in total. The molecular weight excluding hydrogens is 499 g/mol. The molecule has 0 spiro atoms. The highest BCUT2D eigenvalue weighted by Crippen LogP contribution is 2.52. The Morgan fingerprint density at radius 1 is 0.848 bits per heavy atom. The van der Waals surface area contributed by atoms with E-state index in [0.29, 0.717) is 5.11 Å². The molecule has 2 aliphatic heterocycles. The van der Waals surface area contributed by atoms with Crippen LogP contribution in [0.15, 0.2) is 96.0 Å². The number of nitrogens with zero attached hydrogens (tertiary/aromatic N) is 4. The third-order valence-electron chi connectivity index (χ3n) is 5.25. The van der Waals surface area contributed by atoms with E-state index in [9.17, 15) is 4.79 Å². The summed E-state index contributed by atoms with van der Waals surface area (Å²) in [5.41, 5.74) is 2.61. The topological polar surface area (TPSA) is 39.2 Å². The average molecular weight is 518 g/mol. The van der Waals surface area contributed by atoms with Crippen molar-refractivity contribution >= 4 is 73.9 Å². The lowest BCUT2D eigenvalue weighted by molar-refractivity contribution is -0.125. The Morgan fingerprint density at radius 2 is 1.36 bits per heavy atom. The van der Waals surface area contributed by atoms with Crippen LogP contribution in [0.4, 0.5) is 11.4 Å². The normalized spacial score (nSPS) is 20.2. The molecule has 2 atom stereocenters. The van der Waals surface area contributed by atoms with E-state index in [1.165, 1.54) is 6.92 Å². The van der Waals surface area contributed by atoms with Gasteiger partial charge in [-0.25, -0.2) is 9.30 Å². The minimum Gasteiger partial charge on any atom is -0.292 e. The smallest absolute Gasteiger partial charge is 0.232 e. The summed E-state index contributed by atoms with van der Waals surface area (Å²) in [6.07, 6.45) is -0.868. The van der Waals surface area contributed by atoms with E-state index in [0.717, 1.165) is 22.8 Å². The first-order valence-corrected chi connectivity index (χ1v) is 12.5. The number of anilines is 2. The molecule has 3 aromatic carbocycles. The van der Waals surface area contributed by atoms with Gasteiger partial charge in [0, 0.05) is 18.2 Å². The maximum absolute atomic E-state index is 13.1. The first-order chi connectivity index (χ1) is 15.9. The zero-order valence-electron chi connectivity index (χ0n) is 17.5. The second-order valence-electron chi connectivity index (χ2n) is 7.44. The molecular formula is C24H19Cl3N4OS. The summed E-state index contributed by atoms with van der Waals surface area (Å²) in [4.78, 5) is 20.0. The SMILES string of the molecule is CC(=O)N1[C@H](C(Cl)(Cl)Cl)N(c2ccccc2)C2=S1N(c1ccccc1)C(c1ccccc1)=N2. The van der Waals surface area contributed by atoms with Crippen LogP contribution >= 0.6 is 45.7 Å². The van der Waals surface area contributed by atoms with Crippen LogP contribution in [0.2, 0.25) is 0 Å². The summed E-state index contributed by atoms with van der Waals surface area (Å²) < 4.78 is 1.90. The molecule has 5 rings (SSSR count). The van der Waals surface area contributed by atoms with Crippen molar-refractivity contribution in [3.63, 3.8) is 0 Å². The minimum atomic E-state index is -1.78. The van der Waals surface area contributed by atoms with Crippen molar-refractivity contribution in [1.29, 1.82) is 0 Å². The molecule has 168 valence electrons. The van der Waals surface area contributed by atoms with Crippen molar-refractivity contribution in [3.05, 3.63) is 96.6 Å². The van der Waals surface area contributed by atoms with E-state index >= 15 is 0 Å². The molecule has 9 heteroatoms. The zero-order chi connectivity index (χ0) is 23.2. The minimum absolute atomic E-state index is 0.212. The lowest BCUT2D eigenvalue weighted by atomic mass is 10.2. The first-order valence-electron chi connectivity index (χ1n) is 10.2. The molecule has 1 amide bonds. The van der Waals surface area contributed by atoms with Crippen LogP contribution in [-0.4, -0.2) is 31.1 Å². The van der Waals surface area contributed by atoms with Crippen LogP contribution in [-0.2, 0) is 4.79 Å². The van der Waals surface area contributed by atoms with Gasteiger partial charge in [-0.1, -0.05) is 102 Å². The highest BCUT2D eigenvalue weighted by atomic mass is 35.6. The molecule has 1 unspecified atom stereocenters. The van der Waals surface area contributed by atoms with Gasteiger partial charge < -0.3 is 0 Å². The van der Waals surface area contributed by atoms with Gasteiger partial charge in [0.15, 0.2) is 12.0 Å². The number of alkyl halides is 3. The molecule has 0 aromatic heterocycles. The Kier molecular flexibility index (Phi) is 5.87. The van der Waals surface area contributed by atoms with Crippen LogP contribution in [0.3, 0.4) is 0 Å². The van der Waals surface area contributed by atoms with Crippen molar-refractivity contribution in [1.82, 2.24) is 4.31 Å². The number of benzene rings is 3. The van der Waals surface area contributed by atoms with Crippen LogP contribution < -0.4 is 9.21 Å². The molecule has 0 saturated carbocycles. The molecule has 0 fully saturated rings. The second-order valence-corrected chi connectivity index (χ2v) is 11.5. The Hall–Kier alpha value is -2.51. The lowest BCUT2D eigenvalue weighted by Gasteiger charge is -2.38. The van der Waals surface area contributed by atoms with Crippen molar-refractivity contribution < 1.29 is 4.79 Å². The third kappa shape index (κ3) is 3.91. The van der Waals surface area contributed by atoms with Gasteiger partial charge in [0.25, 0.3) is 0 Å². The summed E-state index contributed by atoms with van der Waals surface area (Å²) >= 11 is 19.5. The fourth-order valence-electron chi connectivity index (χ4n) is 3.93. The first kappa shape index (κ1) is 22.3. The van der Waals surface area contributed by atoms with Crippen LogP contribution in [0.5, 0.6) is 0 Å². The monoisotopic (exact) mass is 516 g/mol. The summed E-state index contributed by atoms with van der Waals surface area (Å²) in [6.45, 7) is 1.49. The number of carbonyl (C=O) groups excluding carboxylic acids is 1.